The van der Waals surface area contributed by atoms with Gasteiger partial charge in [-0.3, -0.25) is 24.3 Å². The SMILES string of the molecule is Cc1sc(NC(=O)Cn2cc([N+](=O)[O-])ccc2=O)nc1-c1ccc(OC(F)F)cc1. The third-order valence-corrected chi connectivity index (χ3v) is 4.77. The van der Waals surface area contributed by atoms with Crippen molar-refractivity contribution in [3.05, 3.63) is 67.9 Å². The topological polar surface area (TPSA) is 116 Å². The largest absolute Gasteiger partial charge is 0.435 e. The van der Waals surface area contributed by atoms with Crippen molar-refractivity contribution >= 4 is 28.1 Å². The summed E-state index contributed by atoms with van der Waals surface area (Å²) in [5, 5.41) is 13.6. The highest BCUT2D eigenvalue weighted by atomic mass is 32.1. The van der Waals surface area contributed by atoms with E-state index in [0.717, 1.165) is 27.8 Å². The van der Waals surface area contributed by atoms with Gasteiger partial charge in [-0.05, 0) is 31.2 Å². The fourth-order valence-electron chi connectivity index (χ4n) is 2.58. The van der Waals surface area contributed by atoms with E-state index in [-0.39, 0.29) is 16.6 Å². The number of carbonyl (C=O) groups is 1. The van der Waals surface area contributed by atoms with Crippen LogP contribution in [0.5, 0.6) is 5.75 Å². The van der Waals surface area contributed by atoms with Crippen molar-refractivity contribution in [1.29, 1.82) is 0 Å². The molecular weight excluding hydrogens is 422 g/mol. The minimum absolute atomic E-state index is 0.0116. The second kappa shape index (κ2) is 8.78. The van der Waals surface area contributed by atoms with Crippen LogP contribution in [0.4, 0.5) is 19.6 Å². The first-order chi connectivity index (χ1) is 14.2. The first-order valence-electron chi connectivity index (χ1n) is 8.40. The van der Waals surface area contributed by atoms with Gasteiger partial charge in [-0.25, -0.2) is 4.98 Å². The summed E-state index contributed by atoms with van der Waals surface area (Å²) >= 11 is 1.19. The van der Waals surface area contributed by atoms with Gasteiger partial charge in [0.15, 0.2) is 5.13 Å². The van der Waals surface area contributed by atoms with Crippen LogP contribution in [0.3, 0.4) is 0 Å². The van der Waals surface area contributed by atoms with Gasteiger partial charge >= 0.3 is 6.61 Å². The predicted molar refractivity (Wildman–Crippen MR) is 105 cm³/mol. The van der Waals surface area contributed by atoms with Crippen LogP contribution >= 0.6 is 11.3 Å². The van der Waals surface area contributed by atoms with Crippen molar-refractivity contribution in [3.63, 3.8) is 0 Å². The molecule has 0 saturated heterocycles. The zero-order valence-electron chi connectivity index (χ0n) is 15.4. The molecule has 1 N–H and O–H groups in total. The van der Waals surface area contributed by atoms with E-state index in [9.17, 15) is 28.5 Å². The average Bonchev–Trinajstić information content (AvgIpc) is 3.03. The molecule has 1 amide bonds. The van der Waals surface area contributed by atoms with Crippen molar-refractivity contribution in [2.45, 2.75) is 20.1 Å². The van der Waals surface area contributed by atoms with Gasteiger partial charge in [0.1, 0.15) is 12.3 Å². The Kier molecular flexibility index (Phi) is 6.16. The lowest BCUT2D eigenvalue weighted by atomic mass is 10.1. The lowest BCUT2D eigenvalue weighted by molar-refractivity contribution is -0.385. The van der Waals surface area contributed by atoms with Crippen LogP contribution in [0.15, 0.2) is 47.4 Å². The molecule has 0 aliphatic carbocycles. The molecule has 0 spiro atoms. The van der Waals surface area contributed by atoms with Crippen LogP contribution in [-0.4, -0.2) is 27.0 Å². The van der Waals surface area contributed by atoms with Gasteiger partial charge in [0, 0.05) is 22.6 Å². The van der Waals surface area contributed by atoms with Crippen LogP contribution in [0, 0.1) is 17.0 Å². The molecule has 12 heteroatoms. The van der Waals surface area contributed by atoms with Gasteiger partial charge in [0.05, 0.1) is 16.8 Å². The second-order valence-electron chi connectivity index (χ2n) is 5.99. The number of thiazole rings is 1. The smallest absolute Gasteiger partial charge is 0.387 e. The van der Waals surface area contributed by atoms with Gasteiger partial charge in [-0.15, -0.1) is 11.3 Å². The van der Waals surface area contributed by atoms with E-state index in [1.165, 1.54) is 23.5 Å². The predicted octanol–water partition coefficient (Wildman–Crippen LogP) is 3.43. The number of halogens is 2. The molecule has 3 rings (SSSR count). The standard InChI is InChI=1S/C18H14F2N4O5S/c1-10-16(11-2-5-13(6-3-11)29-17(19)20)22-18(30-10)21-14(25)9-23-8-12(24(27)28)4-7-15(23)26/h2-8,17H,9H2,1H3,(H,21,22,25). The summed E-state index contributed by atoms with van der Waals surface area (Å²) in [5.41, 5.74) is 0.319. The molecule has 0 fully saturated rings. The Hall–Kier alpha value is -3.67. The zero-order valence-corrected chi connectivity index (χ0v) is 16.2. The Bertz CT molecular complexity index is 1140. The zero-order chi connectivity index (χ0) is 21.8. The molecular formula is C18H14F2N4O5S. The molecule has 1 aromatic carbocycles. The van der Waals surface area contributed by atoms with Crippen molar-refractivity contribution in [1.82, 2.24) is 9.55 Å². The van der Waals surface area contributed by atoms with Gasteiger partial charge in [-0.2, -0.15) is 8.78 Å². The number of carbonyl (C=O) groups excluding carboxylic acids is 1. The number of benzene rings is 1. The number of ether oxygens (including phenoxy) is 1. The molecule has 156 valence electrons. The van der Waals surface area contributed by atoms with Crippen LogP contribution in [0.25, 0.3) is 11.3 Å². The fraction of sp³-hybridized carbons (Fsp3) is 0.167. The number of rotatable bonds is 7. The first-order valence-corrected chi connectivity index (χ1v) is 9.22. The van der Waals surface area contributed by atoms with E-state index < -0.39 is 29.5 Å². The van der Waals surface area contributed by atoms with E-state index in [4.69, 9.17) is 0 Å². The quantitative estimate of drug-likeness (QED) is 0.448. The monoisotopic (exact) mass is 436 g/mol. The molecule has 0 aliphatic heterocycles. The highest BCUT2D eigenvalue weighted by molar-refractivity contribution is 7.16. The molecule has 0 radical (unpaired) electrons. The maximum absolute atomic E-state index is 12.3. The summed E-state index contributed by atoms with van der Waals surface area (Å²) in [4.78, 5) is 39.3. The fourth-order valence-corrected chi connectivity index (χ4v) is 3.43. The molecule has 2 heterocycles. The Morgan fingerprint density at radius 1 is 1.30 bits per heavy atom. The number of hydrogen-bond acceptors (Lipinski definition) is 7. The van der Waals surface area contributed by atoms with Crippen LogP contribution in [0.2, 0.25) is 0 Å². The number of aromatic nitrogens is 2. The Morgan fingerprint density at radius 2 is 2.00 bits per heavy atom. The maximum atomic E-state index is 12.3. The summed E-state index contributed by atoms with van der Waals surface area (Å²) in [6.45, 7) is -1.57. The molecule has 0 unspecified atom stereocenters. The minimum Gasteiger partial charge on any atom is -0.435 e. The Morgan fingerprint density at radius 3 is 2.63 bits per heavy atom. The normalized spacial score (nSPS) is 10.8. The van der Waals surface area contributed by atoms with Crippen LogP contribution < -0.4 is 15.6 Å². The highest BCUT2D eigenvalue weighted by Crippen LogP contribution is 2.31. The van der Waals surface area contributed by atoms with Gasteiger partial charge in [0.2, 0.25) is 5.91 Å². The Balaban J connectivity index is 1.73. The molecule has 3 aromatic rings. The summed E-state index contributed by atoms with van der Waals surface area (Å²) in [7, 11) is 0. The van der Waals surface area contributed by atoms with E-state index in [1.54, 1.807) is 19.1 Å². The number of anilines is 1. The number of amides is 1. The molecule has 30 heavy (non-hydrogen) atoms. The van der Waals surface area contributed by atoms with Crippen molar-refractivity contribution in [3.8, 4) is 17.0 Å². The molecule has 2 aromatic heterocycles. The molecule has 0 aliphatic rings. The minimum atomic E-state index is -2.92. The third kappa shape index (κ3) is 5.03. The number of aryl methyl sites for hydroxylation is 1. The van der Waals surface area contributed by atoms with Crippen LogP contribution in [-0.2, 0) is 11.3 Å². The van der Waals surface area contributed by atoms with Gasteiger partial charge < -0.3 is 10.1 Å². The van der Waals surface area contributed by atoms with Gasteiger partial charge in [0.25, 0.3) is 11.2 Å². The molecule has 0 atom stereocenters. The first kappa shape index (κ1) is 21.0. The van der Waals surface area contributed by atoms with E-state index in [1.807, 2.05) is 0 Å². The molecule has 0 bridgehead atoms. The average molecular weight is 436 g/mol. The number of nitro groups is 1. The lowest BCUT2D eigenvalue weighted by Gasteiger charge is -2.05. The maximum Gasteiger partial charge on any atom is 0.387 e. The van der Waals surface area contributed by atoms with Gasteiger partial charge in [-0.1, -0.05) is 0 Å². The van der Waals surface area contributed by atoms with Crippen molar-refractivity contribution < 1.29 is 23.2 Å². The molecule has 9 nitrogen and oxygen atoms in total. The number of hydrogen-bond donors (Lipinski definition) is 1. The second-order valence-corrected chi connectivity index (χ2v) is 7.19. The number of alkyl halides is 2. The molecule has 0 saturated carbocycles. The lowest BCUT2D eigenvalue weighted by Crippen LogP contribution is -2.26. The summed E-state index contributed by atoms with van der Waals surface area (Å²) < 4.78 is 29.7. The van der Waals surface area contributed by atoms with E-state index >= 15 is 0 Å². The summed E-state index contributed by atoms with van der Waals surface area (Å²) in [6.07, 6.45) is 0.990. The third-order valence-electron chi connectivity index (χ3n) is 3.89. The van der Waals surface area contributed by atoms with Crippen LogP contribution in [0.1, 0.15) is 4.88 Å². The Labute approximate surface area is 171 Å². The highest BCUT2D eigenvalue weighted by Gasteiger charge is 2.15. The number of nitrogens with one attached hydrogen (secondary N) is 1. The number of pyridine rings is 1. The van der Waals surface area contributed by atoms with Crippen molar-refractivity contribution in [2.75, 3.05) is 5.32 Å². The summed E-state index contributed by atoms with van der Waals surface area (Å²) in [5.74, 6) is -0.573. The van der Waals surface area contributed by atoms with E-state index in [0.29, 0.717) is 11.3 Å². The van der Waals surface area contributed by atoms with E-state index in [2.05, 4.69) is 15.0 Å². The number of nitrogens with zero attached hydrogens (tertiary/aromatic N) is 3. The summed E-state index contributed by atoms with van der Waals surface area (Å²) in [6, 6.07) is 7.96. The van der Waals surface area contributed by atoms with Crippen molar-refractivity contribution in [2.24, 2.45) is 0 Å².